The van der Waals surface area contributed by atoms with E-state index in [2.05, 4.69) is 0 Å². The van der Waals surface area contributed by atoms with Crippen LogP contribution in [-0.4, -0.2) is 72.7 Å². The maximum absolute atomic E-state index is 13.1. The van der Waals surface area contributed by atoms with Gasteiger partial charge in [0.1, 0.15) is 0 Å². The molecule has 0 aromatic carbocycles. The minimum atomic E-state index is -0.285. The largest absolute Gasteiger partial charge is 0.396 e. The van der Waals surface area contributed by atoms with Crippen LogP contribution >= 0.6 is 0 Å². The number of carbonyl (C=O) groups excluding carboxylic acids is 2. The zero-order valence-electron chi connectivity index (χ0n) is 15.4. The van der Waals surface area contributed by atoms with Crippen molar-refractivity contribution in [3.8, 4) is 0 Å². The second-order valence-corrected chi connectivity index (χ2v) is 7.99. The topological polar surface area (TPSA) is 70.1 Å². The molecule has 0 radical (unpaired) electrons. The van der Waals surface area contributed by atoms with E-state index in [0.29, 0.717) is 18.9 Å². The Bertz CT molecular complexity index is 492. The number of piperidine rings is 2. The summed E-state index contributed by atoms with van der Waals surface area (Å²) in [6.45, 7) is 2.97. The molecule has 142 valence electrons. The average Bonchev–Trinajstić information content (AvgIpc) is 2.59. The van der Waals surface area contributed by atoms with Gasteiger partial charge in [0.25, 0.3) is 0 Å². The lowest BCUT2D eigenvalue weighted by atomic mass is 9.68. The van der Waals surface area contributed by atoms with E-state index in [0.717, 1.165) is 64.6 Å². The molecule has 1 aliphatic carbocycles. The lowest BCUT2D eigenvalue weighted by Crippen LogP contribution is -2.60. The van der Waals surface area contributed by atoms with E-state index in [1.165, 1.54) is 0 Å². The summed E-state index contributed by atoms with van der Waals surface area (Å²) < 4.78 is 5.33. The van der Waals surface area contributed by atoms with Gasteiger partial charge >= 0.3 is 0 Å². The lowest BCUT2D eigenvalue weighted by Gasteiger charge is -2.50. The van der Waals surface area contributed by atoms with Crippen LogP contribution in [0.3, 0.4) is 0 Å². The number of hydrogen-bond acceptors (Lipinski definition) is 4. The number of aliphatic hydroxyl groups excluding tert-OH is 1. The van der Waals surface area contributed by atoms with Crippen LogP contribution in [0.1, 0.15) is 51.4 Å². The van der Waals surface area contributed by atoms with Gasteiger partial charge in [-0.25, -0.2) is 0 Å². The summed E-state index contributed by atoms with van der Waals surface area (Å²) in [7, 11) is 1.68. The zero-order valence-corrected chi connectivity index (χ0v) is 15.4. The number of rotatable bonds is 7. The summed E-state index contributed by atoms with van der Waals surface area (Å²) in [5.41, 5.74) is -0.285. The van der Waals surface area contributed by atoms with Crippen molar-refractivity contribution < 1.29 is 19.4 Å². The van der Waals surface area contributed by atoms with Gasteiger partial charge in [-0.05, 0) is 44.4 Å². The first kappa shape index (κ1) is 18.6. The highest BCUT2D eigenvalue weighted by Gasteiger charge is 2.48. The van der Waals surface area contributed by atoms with Gasteiger partial charge < -0.3 is 19.6 Å². The Morgan fingerprint density at radius 2 is 2.12 bits per heavy atom. The van der Waals surface area contributed by atoms with Crippen LogP contribution < -0.4 is 0 Å². The van der Waals surface area contributed by atoms with Crippen LogP contribution in [0.4, 0.5) is 0 Å². The molecule has 3 aliphatic rings. The summed E-state index contributed by atoms with van der Waals surface area (Å²) in [6.07, 6.45) is 6.95. The molecule has 0 aromatic rings. The van der Waals surface area contributed by atoms with Gasteiger partial charge in [0.15, 0.2) is 0 Å². The van der Waals surface area contributed by atoms with Crippen molar-refractivity contribution in [2.45, 2.75) is 57.4 Å². The van der Waals surface area contributed by atoms with E-state index < -0.39 is 0 Å². The van der Waals surface area contributed by atoms with Crippen molar-refractivity contribution in [1.29, 1.82) is 0 Å². The van der Waals surface area contributed by atoms with Crippen LogP contribution in [0.5, 0.6) is 0 Å². The highest BCUT2D eigenvalue weighted by Crippen LogP contribution is 2.44. The van der Waals surface area contributed by atoms with Crippen molar-refractivity contribution in [3.05, 3.63) is 0 Å². The van der Waals surface area contributed by atoms with Gasteiger partial charge in [-0.15, -0.1) is 0 Å². The molecule has 2 heterocycles. The molecule has 0 spiro atoms. The van der Waals surface area contributed by atoms with E-state index >= 15 is 0 Å². The highest BCUT2D eigenvalue weighted by atomic mass is 16.5. The second-order valence-electron chi connectivity index (χ2n) is 7.99. The average molecular weight is 352 g/mol. The SMILES string of the molecule is COCC1(C(=O)N2CC[C@@H]3[C@@H](CCC(=O)N3CCCCO)C2)CCC1. The number of amides is 2. The Morgan fingerprint density at radius 3 is 2.76 bits per heavy atom. The number of unbranched alkanes of at least 4 members (excludes halogenated alkanes) is 1. The summed E-state index contributed by atoms with van der Waals surface area (Å²) in [4.78, 5) is 29.5. The quantitative estimate of drug-likeness (QED) is 0.704. The molecular weight excluding hydrogens is 320 g/mol. The van der Waals surface area contributed by atoms with Crippen LogP contribution in [0.25, 0.3) is 0 Å². The molecule has 2 amide bonds. The van der Waals surface area contributed by atoms with E-state index in [-0.39, 0.29) is 29.9 Å². The molecule has 2 atom stereocenters. The number of ether oxygens (including phenoxy) is 1. The minimum absolute atomic E-state index is 0.181. The fraction of sp³-hybridized carbons (Fsp3) is 0.895. The Morgan fingerprint density at radius 1 is 1.32 bits per heavy atom. The zero-order chi connectivity index (χ0) is 17.9. The number of nitrogens with zero attached hydrogens (tertiary/aromatic N) is 2. The Balaban J connectivity index is 1.61. The fourth-order valence-corrected chi connectivity index (χ4v) is 4.86. The summed E-state index contributed by atoms with van der Waals surface area (Å²) in [6, 6.07) is 0.267. The van der Waals surface area contributed by atoms with Crippen LogP contribution in [0, 0.1) is 11.3 Å². The fourth-order valence-electron chi connectivity index (χ4n) is 4.86. The maximum Gasteiger partial charge on any atom is 0.231 e. The van der Waals surface area contributed by atoms with E-state index in [4.69, 9.17) is 9.84 Å². The van der Waals surface area contributed by atoms with Crippen LogP contribution in [-0.2, 0) is 14.3 Å². The molecule has 0 aromatic heterocycles. The van der Waals surface area contributed by atoms with Gasteiger partial charge in [0.05, 0.1) is 12.0 Å². The standard InChI is InChI=1S/C19H32N2O4/c1-25-14-19(8-4-9-19)18(24)20-11-7-16-15(13-20)5-6-17(23)21(16)10-2-3-12-22/h15-16,22H,2-14H2,1H3/t15-,16+/m0/s1. The molecule has 25 heavy (non-hydrogen) atoms. The molecule has 6 heteroatoms. The van der Waals surface area contributed by atoms with Crippen molar-refractivity contribution in [3.63, 3.8) is 0 Å². The van der Waals surface area contributed by atoms with Gasteiger partial charge in [0, 0.05) is 45.8 Å². The minimum Gasteiger partial charge on any atom is -0.396 e. The Hall–Kier alpha value is -1.14. The molecule has 6 nitrogen and oxygen atoms in total. The van der Waals surface area contributed by atoms with Crippen molar-refractivity contribution >= 4 is 11.8 Å². The predicted molar refractivity (Wildman–Crippen MR) is 93.9 cm³/mol. The van der Waals surface area contributed by atoms with Gasteiger partial charge in [-0.1, -0.05) is 6.42 Å². The van der Waals surface area contributed by atoms with Gasteiger partial charge in [0.2, 0.25) is 11.8 Å². The summed E-state index contributed by atoms with van der Waals surface area (Å²) in [5, 5.41) is 8.98. The molecule has 0 bridgehead atoms. The van der Waals surface area contributed by atoms with E-state index in [9.17, 15) is 9.59 Å². The first-order valence-electron chi connectivity index (χ1n) is 9.80. The predicted octanol–water partition coefficient (Wildman–Crippen LogP) is 1.42. The normalized spacial score (nSPS) is 28.5. The number of fused-ring (bicyclic) bond motifs is 1. The smallest absolute Gasteiger partial charge is 0.231 e. The summed E-state index contributed by atoms with van der Waals surface area (Å²) in [5.74, 6) is 0.904. The summed E-state index contributed by atoms with van der Waals surface area (Å²) >= 11 is 0. The monoisotopic (exact) mass is 352 g/mol. The van der Waals surface area contributed by atoms with Crippen molar-refractivity contribution in [1.82, 2.24) is 9.80 Å². The third-order valence-electron chi connectivity index (χ3n) is 6.42. The van der Waals surface area contributed by atoms with Crippen molar-refractivity contribution in [2.75, 3.05) is 40.0 Å². The number of methoxy groups -OCH3 is 1. The van der Waals surface area contributed by atoms with E-state index in [1.807, 2.05) is 9.80 Å². The first-order chi connectivity index (χ1) is 12.1. The Kier molecular flexibility index (Phi) is 6.00. The Labute approximate surface area is 150 Å². The molecule has 0 unspecified atom stereocenters. The van der Waals surface area contributed by atoms with Crippen LogP contribution in [0.2, 0.25) is 0 Å². The van der Waals surface area contributed by atoms with E-state index in [1.54, 1.807) is 7.11 Å². The third-order valence-corrected chi connectivity index (χ3v) is 6.42. The first-order valence-corrected chi connectivity index (χ1v) is 9.80. The van der Waals surface area contributed by atoms with Crippen molar-refractivity contribution in [2.24, 2.45) is 11.3 Å². The molecule has 2 saturated heterocycles. The molecule has 2 aliphatic heterocycles. The molecule has 1 N–H and O–H groups in total. The van der Waals surface area contributed by atoms with Gasteiger partial charge in [-0.2, -0.15) is 0 Å². The molecule has 1 saturated carbocycles. The lowest BCUT2D eigenvalue weighted by molar-refractivity contribution is -0.157. The third kappa shape index (κ3) is 3.70. The number of carbonyl (C=O) groups is 2. The maximum atomic E-state index is 13.1. The molecule has 3 fully saturated rings. The number of likely N-dealkylation sites (tertiary alicyclic amines) is 2. The molecular formula is C19H32N2O4. The second kappa shape index (κ2) is 8.04. The van der Waals surface area contributed by atoms with Crippen LogP contribution in [0.15, 0.2) is 0 Å². The highest BCUT2D eigenvalue weighted by molar-refractivity contribution is 5.84. The van der Waals surface area contributed by atoms with Gasteiger partial charge in [-0.3, -0.25) is 9.59 Å². The number of hydrogen-bond donors (Lipinski definition) is 1. The number of aliphatic hydroxyl groups is 1. The molecule has 3 rings (SSSR count).